The summed E-state index contributed by atoms with van der Waals surface area (Å²) in [4.78, 5) is 16.5. The molecule has 2 aromatic carbocycles. The van der Waals surface area contributed by atoms with Gasteiger partial charge in [-0.15, -0.1) is 0 Å². The Morgan fingerprint density at radius 2 is 1.92 bits per heavy atom. The van der Waals surface area contributed by atoms with Gasteiger partial charge in [0.25, 0.3) is 0 Å². The maximum atomic E-state index is 12.4. The van der Waals surface area contributed by atoms with Crippen molar-refractivity contribution in [3.8, 4) is 5.75 Å². The molecule has 26 heavy (non-hydrogen) atoms. The minimum Gasteiger partial charge on any atom is -0.497 e. The molecule has 1 amide bonds. The standard InChI is InChI=1S/C21H28N2O3/c1-4-23(5-2)21(24)15-22-10-11-26-20(14-22)18-7-6-17-13-19(25-3)9-8-16(17)12-18/h6-9,12-13,20H,4-5,10-11,14-15H2,1-3H3. The Morgan fingerprint density at radius 3 is 2.65 bits per heavy atom. The van der Waals surface area contributed by atoms with Crippen LogP contribution < -0.4 is 4.74 Å². The van der Waals surface area contributed by atoms with Crippen molar-refractivity contribution >= 4 is 16.7 Å². The molecule has 140 valence electrons. The van der Waals surface area contributed by atoms with E-state index in [2.05, 4.69) is 29.2 Å². The van der Waals surface area contributed by atoms with Gasteiger partial charge in [-0.05, 0) is 48.4 Å². The minimum atomic E-state index is -0.000227. The number of amides is 1. The molecule has 0 spiro atoms. The quantitative estimate of drug-likeness (QED) is 0.798. The van der Waals surface area contributed by atoms with Crippen LogP contribution in [0.5, 0.6) is 5.75 Å². The van der Waals surface area contributed by atoms with E-state index in [0.717, 1.165) is 42.9 Å². The second-order valence-electron chi connectivity index (χ2n) is 6.63. The van der Waals surface area contributed by atoms with Gasteiger partial charge in [-0.3, -0.25) is 9.69 Å². The molecule has 0 aromatic heterocycles. The SMILES string of the molecule is CCN(CC)C(=O)CN1CCOC(c2ccc3cc(OC)ccc3c2)C1. The highest BCUT2D eigenvalue weighted by molar-refractivity contribution is 5.84. The van der Waals surface area contributed by atoms with E-state index in [4.69, 9.17) is 9.47 Å². The average molecular weight is 356 g/mol. The molecule has 0 aliphatic carbocycles. The molecule has 5 heteroatoms. The molecule has 1 saturated heterocycles. The zero-order valence-corrected chi connectivity index (χ0v) is 15.9. The van der Waals surface area contributed by atoms with Crippen molar-refractivity contribution in [2.24, 2.45) is 0 Å². The number of nitrogens with zero attached hydrogens (tertiary/aromatic N) is 2. The van der Waals surface area contributed by atoms with Crippen molar-refractivity contribution in [2.45, 2.75) is 20.0 Å². The number of likely N-dealkylation sites (N-methyl/N-ethyl adjacent to an activating group) is 1. The number of carbonyl (C=O) groups excluding carboxylic acids is 1. The lowest BCUT2D eigenvalue weighted by atomic mass is 10.0. The Morgan fingerprint density at radius 1 is 1.19 bits per heavy atom. The summed E-state index contributed by atoms with van der Waals surface area (Å²) >= 11 is 0. The summed E-state index contributed by atoms with van der Waals surface area (Å²) in [5, 5.41) is 2.32. The number of rotatable bonds is 6. The fourth-order valence-electron chi connectivity index (χ4n) is 3.48. The first-order valence-corrected chi connectivity index (χ1v) is 9.34. The fourth-order valence-corrected chi connectivity index (χ4v) is 3.48. The monoisotopic (exact) mass is 356 g/mol. The van der Waals surface area contributed by atoms with Gasteiger partial charge in [-0.25, -0.2) is 0 Å². The number of benzene rings is 2. The van der Waals surface area contributed by atoms with Gasteiger partial charge in [0.05, 0.1) is 26.4 Å². The highest BCUT2D eigenvalue weighted by Crippen LogP contribution is 2.27. The zero-order chi connectivity index (χ0) is 18.5. The van der Waals surface area contributed by atoms with E-state index < -0.39 is 0 Å². The maximum absolute atomic E-state index is 12.4. The van der Waals surface area contributed by atoms with Crippen molar-refractivity contribution in [2.75, 3.05) is 46.4 Å². The third-order valence-electron chi connectivity index (χ3n) is 5.07. The van der Waals surface area contributed by atoms with E-state index in [0.29, 0.717) is 13.2 Å². The van der Waals surface area contributed by atoms with Crippen molar-refractivity contribution in [1.82, 2.24) is 9.80 Å². The van der Waals surface area contributed by atoms with Crippen LogP contribution in [0.1, 0.15) is 25.5 Å². The number of morpholine rings is 1. The number of hydrogen-bond acceptors (Lipinski definition) is 4. The molecular formula is C21H28N2O3. The molecule has 3 rings (SSSR count). The molecular weight excluding hydrogens is 328 g/mol. The summed E-state index contributed by atoms with van der Waals surface area (Å²) < 4.78 is 11.3. The molecule has 0 saturated carbocycles. The number of ether oxygens (including phenoxy) is 2. The Kier molecular flexibility index (Phi) is 6.12. The van der Waals surface area contributed by atoms with E-state index >= 15 is 0 Å². The first-order valence-electron chi connectivity index (χ1n) is 9.34. The van der Waals surface area contributed by atoms with Crippen molar-refractivity contribution in [3.63, 3.8) is 0 Å². The fraction of sp³-hybridized carbons (Fsp3) is 0.476. The minimum absolute atomic E-state index is 0.000227. The Balaban J connectivity index is 1.71. The van der Waals surface area contributed by atoms with Crippen LogP contribution in [0.3, 0.4) is 0 Å². The van der Waals surface area contributed by atoms with Gasteiger partial charge < -0.3 is 14.4 Å². The Hall–Kier alpha value is -2.11. The van der Waals surface area contributed by atoms with E-state index in [1.807, 2.05) is 30.9 Å². The van der Waals surface area contributed by atoms with Crippen LogP contribution in [-0.4, -0.2) is 62.1 Å². The number of carbonyl (C=O) groups is 1. The van der Waals surface area contributed by atoms with Gasteiger partial charge in [0.2, 0.25) is 5.91 Å². The predicted molar refractivity (Wildman–Crippen MR) is 104 cm³/mol. The first kappa shape index (κ1) is 18.7. The van der Waals surface area contributed by atoms with Gasteiger partial charge in [-0.1, -0.05) is 18.2 Å². The van der Waals surface area contributed by atoms with E-state index in [9.17, 15) is 4.79 Å². The van der Waals surface area contributed by atoms with Crippen LogP contribution in [0.4, 0.5) is 0 Å². The van der Waals surface area contributed by atoms with Gasteiger partial charge in [0, 0.05) is 26.2 Å². The van der Waals surface area contributed by atoms with Crippen LogP contribution in [0.2, 0.25) is 0 Å². The topological polar surface area (TPSA) is 42.0 Å². The maximum Gasteiger partial charge on any atom is 0.236 e. The number of methoxy groups -OCH3 is 1. The van der Waals surface area contributed by atoms with Crippen LogP contribution in [-0.2, 0) is 9.53 Å². The largest absolute Gasteiger partial charge is 0.497 e. The summed E-state index contributed by atoms with van der Waals surface area (Å²) in [5.41, 5.74) is 1.16. The summed E-state index contributed by atoms with van der Waals surface area (Å²) in [7, 11) is 1.68. The van der Waals surface area contributed by atoms with Crippen molar-refractivity contribution in [1.29, 1.82) is 0 Å². The molecule has 0 N–H and O–H groups in total. The van der Waals surface area contributed by atoms with Crippen LogP contribution in [0.25, 0.3) is 10.8 Å². The molecule has 1 atom stereocenters. The van der Waals surface area contributed by atoms with Crippen LogP contribution in [0.15, 0.2) is 36.4 Å². The average Bonchev–Trinajstić information content (AvgIpc) is 2.68. The van der Waals surface area contributed by atoms with Crippen LogP contribution in [0, 0.1) is 0 Å². The molecule has 1 aliphatic rings. The third-order valence-corrected chi connectivity index (χ3v) is 5.07. The lowest BCUT2D eigenvalue weighted by Gasteiger charge is -2.34. The first-order chi connectivity index (χ1) is 12.6. The summed E-state index contributed by atoms with van der Waals surface area (Å²) in [5.74, 6) is 1.06. The summed E-state index contributed by atoms with van der Waals surface area (Å²) in [6.45, 7) is 8.22. The van der Waals surface area contributed by atoms with Gasteiger partial charge >= 0.3 is 0 Å². The van der Waals surface area contributed by atoms with Crippen molar-refractivity contribution in [3.05, 3.63) is 42.0 Å². The number of hydrogen-bond donors (Lipinski definition) is 0. The van der Waals surface area contributed by atoms with E-state index in [1.54, 1.807) is 7.11 Å². The molecule has 1 fully saturated rings. The number of fused-ring (bicyclic) bond motifs is 1. The Bertz CT molecular complexity index is 758. The van der Waals surface area contributed by atoms with Gasteiger partial charge in [-0.2, -0.15) is 0 Å². The lowest BCUT2D eigenvalue weighted by molar-refractivity contribution is -0.134. The lowest BCUT2D eigenvalue weighted by Crippen LogP contribution is -2.45. The molecule has 0 bridgehead atoms. The molecule has 1 unspecified atom stereocenters. The molecule has 1 heterocycles. The Labute approximate surface area is 155 Å². The molecule has 1 aliphatic heterocycles. The second-order valence-corrected chi connectivity index (χ2v) is 6.63. The van der Waals surface area contributed by atoms with Crippen LogP contribution >= 0.6 is 0 Å². The normalized spacial score (nSPS) is 18.0. The molecule has 2 aromatic rings. The van der Waals surface area contributed by atoms with E-state index in [1.165, 1.54) is 5.39 Å². The highest BCUT2D eigenvalue weighted by Gasteiger charge is 2.24. The summed E-state index contributed by atoms with van der Waals surface area (Å²) in [6, 6.07) is 12.5. The van der Waals surface area contributed by atoms with Gasteiger partial charge in [0.15, 0.2) is 0 Å². The zero-order valence-electron chi connectivity index (χ0n) is 15.9. The van der Waals surface area contributed by atoms with E-state index in [-0.39, 0.29) is 12.0 Å². The molecule has 5 nitrogen and oxygen atoms in total. The third kappa shape index (κ3) is 4.17. The summed E-state index contributed by atoms with van der Waals surface area (Å²) in [6.07, 6.45) is -0.000227. The molecule has 0 radical (unpaired) electrons. The highest BCUT2D eigenvalue weighted by atomic mass is 16.5. The predicted octanol–water partition coefficient (Wildman–Crippen LogP) is 3.09. The smallest absolute Gasteiger partial charge is 0.236 e. The second kappa shape index (κ2) is 8.52. The van der Waals surface area contributed by atoms with Gasteiger partial charge in [0.1, 0.15) is 5.75 Å². The van der Waals surface area contributed by atoms with Crippen molar-refractivity contribution < 1.29 is 14.3 Å².